The molecule has 1 atom stereocenters. The van der Waals surface area contributed by atoms with E-state index in [1.54, 1.807) is 0 Å². The molecule has 130 valence electrons. The molecule has 0 saturated carbocycles. The molecule has 7 nitrogen and oxygen atoms in total. The van der Waals surface area contributed by atoms with Crippen molar-refractivity contribution in [2.75, 3.05) is 11.9 Å². The van der Waals surface area contributed by atoms with Crippen LogP contribution in [0.2, 0.25) is 0 Å². The number of nitrogens with one attached hydrogen (secondary N) is 3. The Morgan fingerprint density at radius 1 is 1.28 bits per heavy atom. The Morgan fingerprint density at radius 2 is 2.12 bits per heavy atom. The molecule has 1 aliphatic rings. The lowest BCUT2D eigenvalue weighted by Gasteiger charge is -2.12. The van der Waals surface area contributed by atoms with Crippen molar-refractivity contribution in [3.63, 3.8) is 0 Å². The molecule has 0 aliphatic carbocycles. The number of carbonyl (C=O) groups is 2. The van der Waals surface area contributed by atoms with Gasteiger partial charge < -0.3 is 20.7 Å². The number of benzene rings is 1. The summed E-state index contributed by atoms with van der Waals surface area (Å²) in [5.41, 5.74) is 0.377. The van der Waals surface area contributed by atoms with Crippen molar-refractivity contribution >= 4 is 17.6 Å². The predicted octanol–water partition coefficient (Wildman–Crippen LogP) is 2.16. The van der Waals surface area contributed by atoms with Gasteiger partial charge in [0.15, 0.2) is 11.6 Å². The van der Waals surface area contributed by atoms with Crippen LogP contribution in [0.3, 0.4) is 0 Å². The average molecular weight is 348 g/mol. The monoisotopic (exact) mass is 348 g/mol. The molecule has 2 aromatic rings. The second kappa shape index (κ2) is 7.12. The van der Waals surface area contributed by atoms with E-state index < -0.39 is 17.7 Å². The lowest BCUT2D eigenvalue weighted by Crippen LogP contribution is -2.39. The lowest BCUT2D eigenvalue weighted by molar-refractivity contribution is -0.119. The molecule has 1 aromatic heterocycles. The first-order chi connectivity index (χ1) is 12.0. The Balaban J connectivity index is 1.57. The fraction of sp³-hybridized carbons (Fsp3) is 0.188. The SMILES string of the molecule is O=C1CC(NC(=O)Nc2ccc(Oc3cccc(F)c3F)nc2)CN1. The first kappa shape index (κ1) is 16.6. The molecule has 3 amide bonds. The minimum atomic E-state index is -1.11. The van der Waals surface area contributed by atoms with Gasteiger partial charge >= 0.3 is 6.03 Å². The minimum absolute atomic E-state index is 0.0426. The number of anilines is 1. The summed E-state index contributed by atoms with van der Waals surface area (Å²) in [6.45, 7) is 0.385. The van der Waals surface area contributed by atoms with Gasteiger partial charge in [0.25, 0.3) is 0 Å². The zero-order chi connectivity index (χ0) is 17.8. The van der Waals surface area contributed by atoms with Gasteiger partial charge in [-0.05, 0) is 18.2 Å². The lowest BCUT2D eigenvalue weighted by atomic mass is 10.2. The van der Waals surface area contributed by atoms with E-state index in [-0.39, 0.29) is 30.0 Å². The molecule has 1 unspecified atom stereocenters. The molecule has 1 fully saturated rings. The first-order valence-electron chi connectivity index (χ1n) is 7.43. The molecule has 1 aromatic carbocycles. The summed E-state index contributed by atoms with van der Waals surface area (Å²) in [5, 5.41) is 7.81. The zero-order valence-corrected chi connectivity index (χ0v) is 12.9. The van der Waals surface area contributed by atoms with Crippen LogP contribution >= 0.6 is 0 Å². The van der Waals surface area contributed by atoms with Gasteiger partial charge in [-0.1, -0.05) is 6.07 Å². The number of amides is 3. The maximum atomic E-state index is 13.5. The molecule has 0 radical (unpaired) electrons. The van der Waals surface area contributed by atoms with Crippen LogP contribution in [0, 0.1) is 11.6 Å². The largest absolute Gasteiger partial charge is 0.436 e. The highest BCUT2D eigenvalue weighted by molar-refractivity contribution is 5.90. The van der Waals surface area contributed by atoms with Gasteiger partial charge in [0.05, 0.1) is 17.9 Å². The molecule has 25 heavy (non-hydrogen) atoms. The number of halogens is 2. The molecular formula is C16H14F2N4O3. The van der Waals surface area contributed by atoms with Crippen molar-refractivity contribution in [2.45, 2.75) is 12.5 Å². The Bertz CT molecular complexity index is 798. The second-order valence-corrected chi connectivity index (χ2v) is 5.34. The van der Waals surface area contributed by atoms with Crippen LogP contribution in [0.15, 0.2) is 36.5 Å². The van der Waals surface area contributed by atoms with Gasteiger partial charge in [-0.3, -0.25) is 4.79 Å². The molecule has 0 spiro atoms. The van der Waals surface area contributed by atoms with Gasteiger partial charge in [-0.15, -0.1) is 0 Å². The van der Waals surface area contributed by atoms with E-state index >= 15 is 0 Å². The summed E-state index contributed by atoms with van der Waals surface area (Å²) in [6, 6.07) is 5.73. The molecule has 3 rings (SSSR count). The van der Waals surface area contributed by atoms with Crippen molar-refractivity contribution < 1.29 is 23.1 Å². The second-order valence-electron chi connectivity index (χ2n) is 5.34. The highest BCUT2D eigenvalue weighted by Crippen LogP contribution is 2.25. The molecule has 0 bridgehead atoms. The predicted molar refractivity (Wildman–Crippen MR) is 84.2 cm³/mol. The van der Waals surface area contributed by atoms with Crippen LogP contribution in [-0.4, -0.2) is 29.5 Å². The standard InChI is InChI=1S/C16H14F2N4O3/c17-11-2-1-3-12(15(11)18)25-14-5-4-9(7-20-14)21-16(24)22-10-6-13(23)19-8-10/h1-5,7,10H,6,8H2,(H,19,23)(H2,21,22,24). The van der Waals surface area contributed by atoms with Crippen LogP contribution < -0.4 is 20.7 Å². The van der Waals surface area contributed by atoms with Crippen molar-refractivity contribution in [1.29, 1.82) is 0 Å². The molecule has 3 N–H and O–H groups in total. The van der Waals surface area contributed by atoms with Crippen LogP contribution in [0.25, 0.3) is 0 Å². The van der Waals surface area contributed by atoms with Crippen molar-refractivity contribution in [1.82, 2.24) is 15.6 Å². The van der Waals surface area contributed by atoms with E-state index in [1.807, 2.05) is 0 Å². The molecule has 2 heterocycles. The Morgan fingerprint density at radius 3 is 2.80 bits per heavy atom. The summed E-state index contributed by atoms with van der Waals surface area (Å²) in [6.07, 6.45) is 1.54. The first-order valence-corrected chi connectivity index (χ1v) is 7.43. The normalized spacial score (nSPS) is 16.2. The summed E-state index contributed by atoms with van der Waals surface area (Å²) in [4.78, 5) is 26.8. The number of nitrogens with zero attached hydrogens (tertiary/aromatic N) is 1. The number of ether oxygens (including phenoxy) is 1. The van der Waals surface area contributed by atoms with Crippen molar-refractivity contribution in [3.8, 4) is 11.6 Å². The molecule has 1 aliphatic heterocycles. The van der Waals surface area contributed by atoms with E-state index in [1.165, 1.54) is 30.5 Å². The Hall–Kier alpha value is -3.23. The fourth-order valence-electron chi connectivity index (χ4n) is 2.25. The van der Waals surface area contributed by atoms with Crippen LogP contribution in [0.4, 0.5) is 19.3 Å². The van der Waals surface area contributed by atoms with Crippen molar-refractivity contribution in [3.05, 3.63) is 48.2 Å². The van der Waals surface area contributed by atoms with Gasteiger partial charge in [0, 0.05) is 19.0 Å². The van der Waals surface area contributed by atoms with E-state index in [0.29, 0.717) is 12.2 Å². The van der Waals surface area contributed by atoms with Gasteiger partial charge in [0.1, 0.15) is 0 Å². The number of rotatable bonds is 4. The number of aromatic nitrogens is 1. The van der Waals surface area contributed by atoms with Crippen LogP contribution in [-0.2, 0) is 4.79 Å². The zero-order valence-electron chi connectivity index (χ0n) is 12.9. The molecule has 1 saturated heterocycles. The van der Waals surface area contributed by atoms with Gasteiger partial charge in [0.2, 0.25) is 17.6 Å². The topological polar surface area (TPSA) is 92.4 Å². The number of urea groups is 1. The number of hydrogen-bond acceptors (Lipinski definition) is 4. The number of carbonyl (C=O) groups excluding carboxylic acids is 2. The van der Waals surface area contributed by atoms with Gasteiger partial charge in [-0.2, -0.15) is 4.39 Å². The molecule has 9 heteroatoms. The third-order valence-electron chi connectivity index (χ3n) is 3.44. The van der Waals surface area contributed by atoms with Crippen LogP contribution in [0.5, 0.6) is 11.6 Å². The highest BCUT2D eigenvalue weighted by atomic mass is 19.2. The smallest absolute Gasteiger partial charge is 0.319 e. The summed E-state index contributed by atoms with van der Waals surface area (Å²) in [7, 11) is 0. The minimum Gasteiger partial charge on any atom is -0.436 e. The number of hydrogen-bond donors (Lipinski definition) is 3. The Kier molecular flexibility index (Phi) is 4.73. The molecular weight excluding hydrogens is 334 g/mol. The summed E-state index contributed by atoms with van der Waals surface area (Å²) < 4.78 is 31.8. The van der Waals surface area contributed by atoms with E-state index in [9.17, 15) is 18.4 Å². The quantitative estimate of drug-likeness (QED) is 0.789. The maximum absolute atomic E-state index is 13.5. The van der Waals surface area contributed by atoms with Gasteiger partial charge in [-0.25, -0.2) is 14.2 Å². The van der Waals surface area contributed by atoms with E-state index in [2.05, 4.69) is 20.9 Å². The maximum Gasteiger partial charge on any atom is 0.319 e. The highest BCUT2D eigenvalue weighted by Gasteiger charge is 2.22. The third kappa shape index (κ3) is 4.19. The summed E-state index contributed by atoms with van der Waals surface area (Å²) in [5.74, 6) is -2.48. The van der Waals surface area contributed by atoms with Crippen LogP contribution in [0.1, 0.15) is 6.42 Å². The third-order valence-corrected chi connectivity index (χ3v) is 3.44. The fourth-order valence-corrected chi connectivity index (χ4v) is 2.25. The number of pyridine rings is 1. The summed E-state index contributed by atoms with van der Waals surface area (Å²) >= 11 is 0. The van der Waals surface area contributed by atoms with E-state index in [4.69, 9.17) is 4.74 Å². The Labute approximate surface area is 141 Å². The average Bonchev–Trinajstić information content (AvgIpc) is 2.98. The van der Waals surface area contributed by atoms with Crippen molar-refractivity contribution in [2.24, 2.45) is 0 Å². The van der Waals surface area contributed by atoms with E-state index in [0.717, 1.165) is 6.07 Å².